The molecule has 0 spiro atoms. The van der Waals surface area contributed by atoms with Crippen LogP contribution in [0.1, 0.15) is 17.3 Å². The Morgan fingerprint density at radius 2 is 1.89 bits per heavy atom. The average Bonchev–Trinajstić information content (AvgIpc) is 2.30. The molecule has 0 bridgehead atoms. The van der Waals surface area contributed by atoms with Crippen molar-refractivity contribution in [3.63, 3.8) is 0 Å². The zero-order valence-electron chi connectivity index (χ0n) is 9.75. The number of hydrogen-bond donors (Lipinski definition) is 3. The number of anilines is 1. The van der Waals surface area contributed by atoms with Gasteiger partial charge in [-0.2, -0.15) is 0 Å². The van der Waals surface area contributed by atoms with Crippen LogP contribution in [0.3, 0.4) is 0 Å². The van der Waals surface area contributed by atoms with Crippen LogP contribution in [-0.2, 0) is 4.79 Å². The number of likely N-dealkylation sites (N-methyl/N-ethyl adjacent to an activating group) is 1. The second-order valence-electron chi connectivity index (χ2n) is 3.62. The molecule has 1 rings (SSSR count). The minimum Gasteiger partial charge on any atom is -0.478 e. The predicted molar refractivity (Wildman–Crippen MR) is 60.5 cm³/mol. The Bertz CT molecular complexity index is 491. The van der Waals surface area contributed by atoms with E-state index >= 15 is 0 Å². The molecule has 1 aromatic rings. The molecule has 98 valence electrons. The third-order valence-corrected chi connectivity index (χ3v) is 2.37. The van der Waals surface area contributed by atoms with Crippen LogP contribution in [0, 0.1) is 11.6 Å². The third kappa shape index (κ3) is 3.01. The van der Waals surface area contributed by atoms with Crippen LogP contribution in [0.5, 0.6) is 0 Å². The monoisotopic (exact) mass is 258 g/mol. The van der Waals surface area contributed by atoms with Gasteiger partial charge in [0.2, 0.25) is 5.91 Å². The SMILES string of the molecule is CNC(C)C(=O)Nc1cc(C(=O)O)c(F)cc1F. The van der Waals surface area contributed by atoms with Gasteiger partial charge < -0.3 is 15.7 Å². The standard InChI is InChI=1S/C11H12F2N2O3/c1-5(14-2)10(16)15-9-3-6(11(17)18)7(12)4-8(9)13/h3-5,14H,1-2H3,(H,15,16)(H,17,18). The van der Waals surface area contributed by atoms with Crippen molar-refractivity contribution in [2.45, 2.75) is 13.0 Å². The van der Waals surface area contributed by atoms with Crippen LogP contribution in [0.15, 0.2) is 12.1 Å². The number of aromatic carboxylic acids is 1. The molecule has 5 nitrogen and oxygen atoms in total. The van der Waals surface area contributed by atoms with Crippen LogP contribution in [-0.4, -0.2) is 30.1 Å². The molecule has 1 amide bonds. The highest BCUT2D eigenvalue weighted by Gasteiger charge is 2.18. The maximum Gasteiger partial charge on any atom is 0.338 e. The first-order valence-electron chi connectivity index (χ1n) is 5.07. The summed E-state index contributed by atoms with van der Waals surface area (Å²) in [6, 6.07) is 0.568. The number of carboxylic acids is 1. The molecule has 0 aliphatic carbocycles. The number of amides is 1. The van der Waals surface area contributed by atoms with Crippen molar-refractivity contribution in [3.8, 4) is 0 Å². The lowest BCUT2D eigenvalue weighted by Gasteiger charge is -2.12. The highest BCUT2D eigenvalue weighted by molar-refractivity contribution is 5.96. The summed E-state index contributed by atoms with van der Waals surface area (Å²) in [7, 11) is 1.54. The minimum atomic E-state index is -1.54. The van der Waals surface area contributed by atoms with E-state index in [1.165, 1.54) is 14.0 Å². The Morgan fingerprint density at radius 1 is 1.28 bits per heavy atom. The Hall–Kier alpha value is -2.02. The summed E-state index contributed by atoms with van der Waals surface area (Å²) in [5.74, 6) is -4.32. The fraction of sp³-hybridized carbons (Fsp3) is 0.273. The maximum atomic E-state index is 13.4. The molecule has 3 N–H and O–H groups in total. The smallest absolute Gasteiger partial charge is 0.338 e. The molecular formula is C11H12F2N2O3. The third-order valence-electron chi connectivity index (χ3n) is 2.37. The molecule has 0 saturated heterocycles. The lowest BCUT2D eigenvalue weighted by Crippen LogP contribution is -2.35. The van der Waals surface area contributed by atoms with Crippen molar-refractivity contribution in [1.82, 2.24) is 5.32 Å². The van der Waals surface area contributed by atoms with Crippen molar-refractivity contribution >= 4 is 17.6 Å². The van der Waals surface area contributed by atoms with Crippen LogP contribution < -0.4 is 10.6 Å². The molecule has 1 unspecified atom stereocenters. The van der Waals surface area contributed by atoms with E-state index in [9.17, 15) is 18.4 Å². The molecule has 7 heteroatoms. The van der Waals surface area contributed by atoms with Gasteiger partial charge in [-0.25, -0.2) is 13.6 Å². The van der Waals surface area contributed by atoms with Crippen LogP contribution in [0.2, 0.25) is 0 Å². The molecule has 0 heterocycles. The van der Waals surface area contributed by atoms with E-state index in [0.717, 1.165) is 6.07 Å². The quantitative estimate of drug-likeness (QED) is 0.758. The van der Waals surface area contributed by atoms with Gasteiger partial charge in [0, 0.05) is 6.07 Å². The molecular weight excluding hydrogens is 246 g/mol. The number of hydrogen-bond acceptors (Lipinski definition) is 3. The molecule has 0 radical (unpaired) electrons. The minimum absolute atomic E-state index is 0.374. The largest absolute Gasteiger partial charge is 0.478 e. The Morgan fingerprint density at radius 3 is 2.39 bits per heavy atom. The van der Waals surface area contributed by atoms with Crippen molar-refractivity contribution < 1.29 is 23.5 Å². The van der Waals surface area contributed by atoms with E-state index in [1.807, 2.05) is 0 Å². The van der Waals surface area contributed by atoms with E-state index in [4.69, 9.17) is 5.11 Å². The summed E-state index contributed by atoms with van der Waals surface area (Å²) in [6.07, 6.45) is 0. The lowest BCUT2D eigenvalue weighted by atomic mass is 10.1. The van der Waals surface area contributed by atoms with E-state index in [1.54, 1.807) is 0 Å². The van der Waals surface area contributed by atoms with Gasteiger partial charge in [0.15, 0.2) is 0 Å². The molecule has 0 fully saturated rings. The predicted octanol–water partition coefficient (Wildman–Crippen LogP) is 1.21. The fourth-order valence-electron chi connectivity index (χ4n) is 1.18. The van der Waals surface area contributed by atoms with Gasteiger partial charge in [0.25, 0.3) is 0 Å². The first kappa shape index (κ1) is 14.0. The molecule has 18 heavy (non-hydrogen) atoms. The molecule has 0 saturated carbocycles. The fourth-order valence-corrected chi connectivity index (χ4v) is 1.18. The van der Waals surface area contributed by atoms with E-state index < -0.39 is 35.1 Å². The topological polar surface area (TPSA) is 78.4 Å². The number of carboxylic acid groups (broad SMARTS) is 1. The Kier molecular flexibility index (Phi) is 4.33. The average molecular weight is 258 g/mol. The normalized spacial score (nSPS) is 12.0. The number of carbonyl (C=O) groups excluding carboxylic acids is 1. The van der Waals surface area contributed by atoms with Crippen LogP contribution >= 0.6 is 0 Å². The molecule has 0 aliphatic rings. The summed E-state index contributed by atoms with van der Waals surface area (Å²) in [5.41, 5.74) is -1.08. The number of nitrogens with one attached hydrogen (secondary N) is 2. The summed E-state index contributed by atoms with van der Waals surface area (Å²) < 4.78 is 26.5. The molecule has 0 aromatic heterocycles. The lowest BCUT2D eigenvalue weighted by molar-refractivity contribution is -0.117. The van der Waals surface area contributed by atoms with Gasteiger partial charge in [0.05, 0.1) is 17.3 Å². The van der Waals surface area contributed by atoms with Crippen molar-refractivity contribution in [2.75, 3.05) is 12.4 Å². The number of benzene rings is 1. The first-order chi connectivity index (χ1) is 8.36. The van der Waals surface area contributed by atoms with Crippen molar-refractivity contribution in [1.29, 1.82) is 0 Å². The Balaban J connectivity index is 3.06. The van der Waals surface area contributed by atoms with Gasteiger partial charge in [-0.3, -0.25) is 4.79 Å². The highest BCUT2D eigenvalue weighted by Crippen LogP contribution is 2.19. The number of rotatable bonds is 4. The second-order valence-corrected chi connectivity index (χ2v) is 3.62. The van der Waals surface area contributed by atoms with Crippen LogP contribution in [0.25, 0.3) is 0 Å². The maximum absolute atomic E-state index is 13.4. The van der Waals surface area contributed by atoms with Gasteiger partial charge in [0.1, 0.15) is 11.6 Å². The highest BCUT2D eigenvalue weighted by atomic mass is 19.1. The summed E-state index contributed by atoms with van der Waals surface area (Å²) in [6.45, 7) is 1.54. The number of carbonyl (C=O) groups is 2. The van der Waals surface area contributed by atoms with E-state index in [2.05, 4.69) is 10.6 Å². The van der Waals surface area contributed by atoms with Crippen molar-refractivity contribution in [3.05, 3.63) is 29.3 Å². The van der Waals surface area contributed by atoms with E-state index in [0.29, 0.717) is 6.07 Å². The van der Waals surface area contributed by atoms with Crippen LogP contribution in [0.4, 0.5) is 14.5 Å². The second kappa shape index (κ2) is 5.54. The molecule has 1 atom stereocenters. The number of halogens is 2. The van der Waals surface area contributed by atoms with Gasteiger partial charge in [-0.15, -0.1) is 0 Å². The molecule has 1 aromatic carbocycles. The van der Waals surface area contributed by atoms with Crippen molar-refractivity contribution in [2.24, 2.45) is 0 Å². The molecule has 0 aliphatic heterocycles. The van der Waals surface area contributed by atoms with Gasteiger partial charge in [-0.05, 0) is 20.0 Å². The Labute approximate surface area is 102 Å². The summed E-state index contributed by atoms with van der Waals surface area (Å²) >= 11 is 0. The summed E-state index contributed by atoms with van der Waals surface area (Å²) in [4.78, 5) is 22.2. The first-order valence-corrected chi connectivity index (χ1v) is 5.07. The zero-order valence-corrected chi connectivity index (χ0v) is 9.75. The van der Waals surface area contributed by atoms with Gasteiger partial charge in [-0.1, -0.05) is 0 Å². The summed E-state index contributed by atoms with van der Waals surface area (Å²) in [5, 5.41) is 13.5. The zero-order chi connectivity index (χ0) is 13.9. The van der Waals surface area contributed by atoms with Gasteiger partial charge >= 0.3 is 5.97 Å². The van der Waals surface area contributed by atoms with E-state index in [-0.39, 0.29) is 5.69 Å².